The van der Waals surface area contributed by atoms with Crippen LogP contribution in [0.5, 0.6) is 11.5 Å². The molecule has 2 aliphatic carbocycles. The molecule has 6 heteroatoms. The standard InChI is InChI=1S/C82H71N4O.Pt/c1-78(2,3)53-43-44-83-75(48-53)86-71-38-19-13-27-60(71)61-42-41-58(50-74(61)86)87-57-26-22-25-56(49-57)84-51-85(73-40-21-20-39-72(73)84)77-59(52-45-54(79(4,5)6)47-55(46-52)80(7,8)9)29-23-31-63(77)62-30-24-37-70-76(62)64-28-12-14-32-65(64)82(70)68-35-17-15-33-66(68)81(10,11)67-34-16-18-36-69(67)82;/h12-48,51H,1-11H3;/q-3;/i13D,19D,27D,38D;. The Hall–Kier alpha value is -8.76. The van der Waals surface area contributed by atoms with Gasteiger partial charge >= 0.3 is 0 Å². The first-order valence-electron chi connectivity index (χ1n) is 32.4. The van der Waals surface area contributed by atoms with Crippen molar-refractivity contribution in [3.8, 4) is 50.7 Å². The van der Waals surface area contributed by atoms with Crippen LogP contribution in [0.15, 0.2) is 224 Å². The molecule has 5 nitrogen and oxygen atoms in total. The molecule has 3 aliphatic rings. The fourth-order valence-corrected chi connectivity index (χ4v) is 14.2. The van der Waals surface area contributed by atoms with Gasteiger partial charge in [-0.25, -0.2) is 4.98 Å². The van der Waals surface area contributed by atoms with Gasteiger partial charge in [0.25, 0.3) is 0 Å². The van der Waals surface area contributed by atoms with Gasteiger partial charge in [-0.3, -0.25) is 0 Å². The van der Waals surface area contributed by atoms with E-state index in [2.05, 4.69) is 262 Å². The Morgan fingerprint density at radius 1 is 0.489 bits per heavy atom. The number of aromatic nitrogens is 2. The second-order valence-corrected chi connectivity index (χ2v) is 27.4. The molecular formula is C82H71N4OPt-3. The molecule has 0 radical (unpaired) electrons. The van der Waals surface area contributed by atoms with Gasteiger partial charge in [0, 0.05) is 77.9 Å². The smallest absolute Gasteiger partial charge is 0.135 e. The Morgan fingerprint density at radius 2 is 1.05 bits per heavy atom. The first-order valence-corrected chi connectivity index (χ1v) is 30.4. The molecule has 15 rings (SSSR count). The third kappa shape index (κ3) is 8.85. The van der Waals surface area contributed by atoms with Crippen LogP contribution < -0.4 is 14.5 Å². The van der Waals surface area contributed by atoms with Gasteiger partial charge in [-0.2, -0.15) is 12.1 Å². The van der Waals surface area contributed by atoms with Crippen LogP contribution in [0, 0.1) is 18.8 Å². The van der Waals surface area contributed by atoms with Gasteiger partial charge in [-0.1, -0.05) is 239 Å². The van der Waals surface area contributed by atoms with Gasteiger partial charge in [0.15, 0.2) is 0 Å². The number of anilines is 4. The van der Waals surface area contributed by atoms with Crippen LogP contribution in [0.1, 0.15) is 132 Å². The predicted molar refractivity (Wildman–Crippen MR) is 361 cm³/mol. The molecule has 3 heterocycles. The van der Waals surface area contributed by atoms with Crippen LogP contribution in [0.3, 0.4) is 0 Å². The number of pyridine rings is 1. The SMILES string of the molecule is [2H]c1c([2H])c([2H])c2c(c1[2H])c1ccc(Oc3[c-]c(N4[CH-]N(c5c(-c6cc(C(C)(C)C)cc(C(C)(C)C)c6)cccc5-c5cccc6c5-c5ccccc5C65c6ccccc6C(C)(C)c6ccccc65)c5ccccc54)ccc3)[c-]c1n2-c1cc(C(C)(C)C)ccn1.[Pt]. The summed E-state index contributed by atoms with van der Waals surface area (Å²) in [5.41, 5.74) is 21.8. The minimum Gasteiger partial charge on any atom is -0.509 e. The number of hydrogen-bond acceptors (Lipinski definition) is 4. The summed E-state index contributed by atoms with van der Waals surface area (Å²) in [5.74, 6) is 1.35. The van der Waals surface area contributed by atoms with Crippen molar-refractivity contribution < 1.29 is 31.3 Å². The monoisotopic (exact) mass is 1330 g/mol. The summed E-state index contributed by atoms with van der Waals surface area (Å²) in [6.45, 7) is 27.2. The molecule has 2 aromatic heterocycles. The van der Waals surface area contributed by atoms with Gasteiger partial charge in [0.1, 0.15) is 5.82 Å². The van der Waals surface area contributed by atoms with Crippen LogP contribution in [0.4, 0.5) is 22.7 Å². The van der Waals surface area contributed by atoms with E-state index in [-0.39, 0.29) is 66.9 Å². The molecule has 88 heavy (non-hydrogen) atoms. The quantitative estimate of drug-likeness (QED) is 0.149. The van der Waals surface area contributed by atoms with Crippen LogP contribution >= 0.6 is 0 Å². The Balaban J connectivity index is 0.00000735. The Morgan fingerprint density at radius 3 is 1.74 bits per heavy atom. The van der Waals surface area contributed by atoms with E-state index in [4.69, 9.17) is 13.8 Å². The van der Waals surface area contributed by atoms with E-state index in [1.54, 1.807) is 16.8 Å². The summed E-state index contributed by atoms with van der Waals surface area (Å²) in [6, 6.07) is 77.0. The van der Waals surface area contributed by atoms with E-state index in [1.807, 2.05) is 30.3 Å². The fraction of sp³-hybridized carbons (Fsp3) is 0.195. The van der Waals surface area contributed by atoms with Gasteiger partial charge in [0.05, 0.1) is 10.9 Å². The number of rotatable bonds is 7. The molecule has 0 saturated carbocycles. The van der Waals surface area contributed by atoms with Gasteiger partial charge in [-0.15, -0.1) is 48.1 Å². The van der Waals surface area contributed by atoms with Crippen LogP contribution in [-0.4, -0.2) is 9.55 Å². The second kappa shape index (κ2) is 20.7. The minimum atomic E-state index is -0.580. The average Bonchev–Trinajstić information content (AvgIpc) is 1.43. The maximum atomic E-state index is 9.20. The van der Waals surface area contributed by atoms with E-state index >= 15 is 0 Å². The van der Waals surface area contributed by atoms with E-state index < -0.39 is 5.41 Å². The van der Waals surface area contributed by atoms with E-state index in [9.17, 15) is 1.37 Å². The number of ether oxygens (including phenoxy) is 1. The molecule has 0 unspecified atom stereocenters. The van der Waals surface area contributed by atoms with Crippen molar-refractivity contribution in [3.05, 3.63) is 293 Å². The van der Waals surface area contributed by atoms with E-state index in [0.717, 1.165) is 50.6 Å². The average molecular weight is 1330 g/mol. The zero-order chi connectivity index (χ0) is 63.4. The molecule has 1 spiro atoms. The summed E-state index contributed by atoms with van der Waals surface area (Å²) >= 11 is 0. The number of benzene rings is 10. The summed E-state index contributed by atoms with van der Waals surface area (Å²) in [4.78, 5) is 9.39. The number of fused-ring (bicyclic) bond motifs is 13. The van der Waals surface area contributed by atoms with E-state index in [1.165, 1.54) is 55.6 Å². The molecule has 1 aliphatic heterocycles. The first kappa shape index (κ1) is 52.4. The van der Waals surface area contributed by atoms with Crippen molar-refractivity contribution in [1.29, 1.82) is 0 Å². The maximum Gasteiger partial charge on any atom is 0.135 e. The summed E-state index contributed by atoms with van der Waals surface area (Å²) < 4.78 is 44.3. The fourth-order valence-electron chi connectivity index (χ4n) is 14.2. The van der Waals surface area contributed by atoms with Crippen molar-refractivity contribution >= 4 is 44.6 Å². The normalized spacial score (nSPS) is 15.2. The molecule has 0 bridgehead atoms. The molecule has 0 atom stereocenters. The molecule has 0 saturated heterocycles. The maximum absolute atomic E-state index is 9.20. The van der Waals surface area contributed by atoms with Crippen LogP contribution in [-0.2, 0) is 48.1 Å². The molecule has 0 fully saturated rings. The third-order valence-corrected chi connectivity index (χ3v) is 18.6. The molecule has 0 amide bonds. The van der Waals surface area contributed by atoms with Gasteiger partial charge in [0.2, 0.25) is 0 Å². The van der Waals surface area contributed by atoms with Crippen molar-refractivity contribution in [3.63, 3.8) is 0 Å². The zero-order valence-corrected chi connectivity index (χ0v) is 53.9. The van der Waals surface area contributed by atoms with Crippen molar-refractivity contribution in [2.45, 2.75) is 103 Å². The molecular weight excluding hydrogens is 1250 g/mol. The van der Waals surface area contributed by atoms with Gasteiger partial charge in [-0.05, 0) is 124 Å². The third-order valence-electron chi connectivity index (χ3n) is 18.6. The number of nitrogens with zero attached hydrogens (tertiary/aromatic N) is 4. The first-order chi connectivity index (χ1) is 43.5. The Kier molecular flexibility index (Phi) is 12.3. The summed E-state index contributed by atoms with van der Waals surface area (Å²) in [7, 11) is 0. The predicted octanol–water partition coefficient (Wildman–Crippen LogP) is 21.2. The van der Waals surface area contributed by atoms with Crippen LogP contribution in [0.2, 0.25) is 0 Å². The minimum absolute atomic E-state index is 0. The largest absolute Gasteiger partial charge is 0.509 e. The Bertz CT molecular complexity index is 4940. The summed E-state index contributed by atoms with van der Waals surface area (Å²) in [5, 5.41) is 1.00. The zero-order valence-electron chi connectivity index (χ0n) is 55.6. The number of hydrogen-bond donors (Lipinski definition) is 0. The summed E-state index contributed by atoms with van der Waals surface area (Å²) in [6.07, 6.45) is 1.75. The van der Waals surface area contributed by atoms with E-state index in [0.29, 0.717) is 39.1 Å². The molecule has 10 aromatic carbocycles. The van der Waals surface area contributed by atoms with Crippen molar-refractivity contribution in [2.75, 3.05) is 9.80 Å². The van der Waals surface area contributed by atoms with Crippen molar-refractivity contribution in [2.24, 2.45) is 0 Å². The Labute approximate surface area is 539 Å². The number of para-hydroxylation sites is 4. The van der Waals surface area contributed by atoms with Gasteiger partial charge < -0.3 is 19.1 Å². The molecule has 0 N–H and O–H groups in total. The topological polar surface area (TPSA) is 33.5 Å². The molecule has 12 aromatic rings. The second-order valence-electron chi connectivity index (χ2n) is 27.4. The van der Waals surface area contributed by atoms with Crippen LogP contribution in [0.25, 0.3) is 61.0 Å². The molecule has 438 valence electrons. The van der Waals surface area contributed by atoms with Crippen molar-refractivity contribution in [1.82, 2.24) is 9.55 Å².